The molecule has 0 atom stereocenters. The fourth-order valence-corrected chi connectivity index (χ4v) is 3.95. The fourth-order valence-electron chi connectivity index (χ4n) is 3.33. The summed E-state index contributed by atoms with van der Waals surface area (Å²) in [6.45, 7) is 3.39. The lowest BCUT2D eigenvalue weighted by atomic mass is 10.1. The van der Waals surface area contributed by atoms with Crippen molar-refractivity contribution >= 4 is 40.5 Å². The van der Waals surface area contributed by atoms with Crippen LogP contribution in [0, 0.1) is 6.92 Å². The Labute approximate surface area is 201 Å². The first-order valence-electron chi connectivity index (χ1n) is 10.5. The molecule has 0 spiro atoms. The van der Waals surface area contributed by atoms with Crippen LogP contribution in [0.5, 0.6) is 11.5 Å². The lowest BCUT2D eigenvalue weighted by molar-refractivity contribution is -0.119. The molecule has 0 fully saturated rings. The number of amides is 2. The van der Waals surface area contributed by atoms with Gasteiger partial charge in [-0.3, -0.25) is 9.59 Å². The molecule has 0 aliphatic heterocycles. The van der Waals surface area contributed by atoms with E-state index in [4.69, 9.17) is 14.2 Å². The second-order valence-corrected chi connectivity index (χ2v) is 8.22. The third kappa shape index (κ3) is 5.74. The smallest absolute Gasteiger partial charge is 0.340 e. The van der Waals surface area contributed by atoms with E-state index in [-0.39, 0.29) is 22.9 Å². The molecule has 0 saturated carbocycles. The Morgan fingerprint density at radius 2 is 1.71 bits per heavy atom. The highest BCUT2D eigenvalue weighted by atomic mass is 32.1. The molecular weight excluding hydrogens is 456 g/mol. The van der Waals surface area contributed by atoms with Crippen molar-refractivity contribution in [3.63, 3.8) is 0 Å². The van der Waals surface area contributed by atoms with E-state index in [1.165, 1.54) is 37.7 Å². The van der Waals surface area contributed by atoms with Crippen molar-refractivity contribution in [2.24, 2.45) is 0 Å². The Morgan fingerprint density at radius 3 is 2.35 bits per heavy atom. The van der Waals surface area contributed by atoms with Crippen LogP contribution in [0.15, 0.2) is 47.8 Å². The van der Waals surface area contributed by atoms with Gasteiger partial charge in [0.1, 0.15) is 0 Å². The molecule has 178 valence electrons. The normalized spacial score (nSPS) is 10.4. The van der Waals surface area contributed by atoms with Crippen LogP contribution < -0.4 is 20.1 Å². The van der Waals surface area contributed by atoms with E-state index < -0.39 is 18.5 Å². The second kappa shape index (κ2) is 11.3. The minimum absolute atomic E-state index is 0.0282. The molecule has 8 nitrogen and oxygen atoms in total. The van der Waals surface area contributed by atoms with Crippen LogP contribution in [-0.2, 0) is 16.0 Å². The fraction of sp³-hybridized carbons (Fsp3) is 0.240. The SMILES string of the molecule is CCc1cccc(C)c1NC(=O)COC(=O)c1cc(OC)c(OC)cc1NC(=O)c1cccs1. The number of nitrogens with one attached hydrogen (secondary N) is 2. The highest BCUT2D eigenvalue weighted by molar-refractivity contribution is 7.12. The molecule has 1 aromatic heterocycles. The van der Waals surface area contributed by atoms with E-state index >= 15 is 0 Å². The van der Waals surface area contributed by atoms with Crippen molar-refractivity contribution < 1.29 is 28.6 Å². The number of methoxy groups -OCH3 is 2. The summed E-state index contributed by atoms with van der Waals surface area (Å²) < 4.78 is 15.8. The minimum atomic E-state index is -0.793. The zero-order valence-corrected chi connectivity index (χ0v) is 20.2. The number of benzene rings is 2. The van der Waals surface area contributed by atoms with Gasteiger partial charge in [0.25, 0.3) is 11.8 Å². The number of esters is 1. The summed E-state index contributed by atoms with van der Waals surface area (Å²) in [6, 6.07) is 12.0. The molecular formula is C25H26N2O6S. The Balaban J connectivity index is 1.79. The predicted octanol–water partition coefficient (Wildman–Crippen LogP) is 4.68. The number of ether oxygens (including phenoxy) is 3. The summed E-state index contributed by atoms with van der Waals surface area (Å²) >= 11 is 1.26. The number of carbonyl (C=O) groups is 3. The van der Waals surface area contributed by atoms with Crippen molar-refractivity contribution in [1.82, 2.24) is 0 Å². The Kier molecular flexibility index (Phi) is 8.26. The number of carbonyl (C=O) groups excluding carboxylic acids is 3. The van der Waals surface area contributed by atoms with Crippen LogP contribution in [0.2, 0.25) is 0 Å². The average Bonchev–Trinajstić information content (AvgIpc) is 3.38. The summed E-state index contributed by atoms with van der Waals surface area (Å²) in [5, 5.41) is 7.29. The molecule has 0 unspecified atom stereocenters. The molecule has 2 aromatic carbocycles. The Bertz CT molecular complexity index is 1190. The summed E-state index contributed by atoms with van der Waals surface area (Å²) in [4.78, 5) is 38.5. The zero-order chi connectivity index (χ0) is 24.7. The summed E-state index contributed by atoms with van der Waals surface area (Å²) in [6.07, 6.45) is 0.746. The maximum atomic E-state index is 12.9. The van der Waals surface area contributed by atoms with Crippen LogP contribution in [0.1, 0.15) is 38.1 Å². The molecule has 0 aliphatic carbocycles. The van der Waals surface area contributed by atoms with Gasteiger partial charge in [0.2, 0.25) is 0 Å². The first-order valence-corrected chi connectivity index (χ1v) is 11.4. The van der Waals surface area contributed by atoms with Crippen LogP contribution in [0.3, 0.4) is 0 Å². The standard InChI is InChI=1S/C25H26N2O6S/c1-5-16-9-6-8-15(2)23(16)27-22(28)14-33-25(30)17-12-19(31-3)20(32-4)13-18(17)26-24(29)21-10-7-11-34-21/h6-13H,5,14H2,1-4H3,(H,26,29)(H,27,28). The maximum Gasteiger partial charge on any atom is 0.340 e. The van der Waals surface area contributed by atoms with Crippen LogP contribution in [-0.4, -0.2) is 38.6 Å². The van der Waals surface area contributed by atoms with Gasteiger partial charge in [-0.25, -0.2) is 4.79 Å². The van der Waals surface area contributed by atoms with E-state index in [1.54, 1.807) is 17.5 Å². The molecule has 0 bridgehead atoms. The number of hydrogen-bond acceptors (Lipinski definition) is 7. The third-order valence-electron chi connectivity index (χ3n) is 5.08. The monoisotopic (exact) mass is 482 g/mol. The van der Waals surface area contributed by atoms with Gasteiger partial charge in [-0.05, 0) is 35.9 Å². The first kappa shape index (κ1) is 24.8. The topological polar surface area (TPSA) is 103 Å². The predicted molar refractivity (Wildman–Crippen MR) is 131 cm³/mol. The third-order valence-corrected chi connectivity index (χ3v) is 5.94. The lowest BCUT2D eigenvalue weighted by Gasteiger charge is -2.16. The molecule has 2 N–H and O–H groups in total. The zero-order valence-electron chi connectivity index (χ0n) is 19.4. The molecule has 1 heterocycles. The molecule has 0 aliphatic rings. The van der Waals surface area contributed by atoms with Crippen molar-refractivity contribution in [3.05, 3.63) is 69.4 Å². The van der Waals surface area contributed by atoms with E-state index in [0.29, 0.717) is 16.3 Å². The van der Waals surface area contributed by atoms with Gasteiger partial charge >= 0.3 is 5.97 Å². The second-order valence-electron chi connectivity index (χ2n) is 7.27. The minimum Gasteiger partial charge on any atom is -0.493 e. The Morgan fingerprint density at radius 1 is 0.971 bits per heavy atom. The van der Waals surface area contributed by atoms with E-state index in [9.17, 15) is 14.4 Å². The summed E-state index contributed by atoms with van der Waals surface area (Å²) in [5.41, 5.74) is 2.81. The van der Waals surface area contributed by atoms with Crippen LogP contribution in [0.4, 0.5) is 11.4 Å². The molecule has 3 rings (SSSR count). The quantitative estimate of drug-likeness (QED) is 0.429. The van der Waals surface area contributed by atoms with Gasteiger partial charge < -0.3 is 24.8 Å². The number of anilines is 2. The van der Waals surface area contributed by atoms with Crippen molar-refractivity contribution in [3.8, 4) is 11.5 Å². The van der Waals surface area contributed by atoms with Gasteiger partial charge in [0, 0.05) is 17.8 Å². The summed E-state index contributed by atoms with van der Waals surface area (Å²) in [7, 11) is 2.87. The van der Waals surface area contributed by atoms with Crippen molar-refractivity contribution in [2.75, 3.05) is 31.5 Å². The molecule has 34 heavy (non-hydrogen) atoms. The number of hydrogen-bond donors (Lipinski definition) is 2. The molecule has 9 heteroatoms. The number of aryl methyl sites for hydroxylation is 2. The van der Waals surface area contributed by atoms with Crippen molar-refractivity contribution in [1.29, 1.82) is 0 Å². The highest BCUT2D eigenvalue weighted by Crippen LogP contribution is 2.34. The molecule has 0 saturated heterocycles. The lowest BCUT2D eigenvalue weighted by Crippen LogP contribution is -2.23. The maximum absolute atomic E-state index is 12.9. The van der Waals surface area contributed by atoms with Gasteiger partial charge in [0.15, 0.2) is 18.1 Å². The number of para-hydroxylation sites is 1. The average molecular weight is 483 g/mol. The van der Waals surface area contributed by atoms with Crippen LogP contribution >= 0.6 is 11.3 Å². The molecule has 3 aromatic rings. The van der Waals surface area contributed by atoms with Crippen LogP contribution in [0.25, 0.3) is 0 Å². The van der Waals surface area contributed by atoms with Gasteiger partial charge in [0.05, 0.1) is 30.3 Å². The van der Waals surface area contributed by atoms with E-state index in [0.717, 1.165) is 17.5 Å². The number of rotatable bonds is 9. The molecule has 0 radical (unpaired) electrons. The Hall–Kier alpha value is -3.85. The van der Waals surface area contributed by atoms with E-state index in [2.05, 4.69) is 10.6 Å². The van der Waals surface area contributed by atoms with Gasteiger partial charge in [-0.15, -0.1) is 11.3 Å². The molecule has 2 amide bonds. The van der Waals surface area contributed by atoms with Gasteiger partial charge in [-0.1, -0.05) is 31.2 Å². The first-order chi connectivity index (χ1) is 16.4. The van der Waals surface area contributed by atoms with E-state index in [1.807, 2.05) is 32.0 Å². The largest absolute Gasteiger partial charge is 0.493 e. The summed E-state index contributed by atoms with van der Waals surface area (Å²) in [5.74, 6) is -1.05. The van der Waals surface area contributed by atoms with Crippen molar-refractivity contribution in [2.45, 2.75) is 20.3 Å². The highest BCUT2D eigenvalue weighted by Gasteiger charge is 2.21. The van der Waals surface area contributed by atoms with Gasteiger partial charge in [-0.2, -0.15) is 0 Å². The number of thiophene rings is 1.